The minimum absolute atomic E-state index is 0.102. The fourth-order valence-electron chi connectivity index (χ4n) is 7.52. The van der Waals surface area contributed by atoms with Crippen LogP contribution in [-0.2, 0) is 19.1 Å². The van der Waals surface area contributed by atoms with E-state index in [0.717, 1.165) is 0 Å². The molecular formula is C33H45N3O6. The van der Waals surface area contributed by atoms with Crippen molar-refractivity contribution in [2.24, 2.45) is 17.8 Å². The number of aliphatic hydroxyl groups excluding tert-OH is 1. The second-order valence-electron chi connectivity index (χ2n) is 12.6. The number of fused-ring (bicyclic) bond motifs is 2. The van der Waals surface area contributed by atoms with Crippen molar-refractivity contribution in [2.75, 3.05) is 31.2 Å². The number of amides is 3. The van der Waals surface area contributed by atoms with Crippen LogP contribution in [0.15, 0.2) is 48.6 Å². The molecule has 4 aliphatic rings. The Hall–Kier alpha value is -3.17. The highest BCUT2D eigenvalue weighted by molar-refractivity contribution is 6.04. The molecule has 42 heavy (non-hydrogen) atoms. The average Bonchev–Trinajstić information content (AvgIpc) is 3.25. The first-order chi connectivity index (χ1) is 20.0. The lowest BCUT2D eigenvalue weighted by atomic mass is 9.73. The molecule has 228 valence electrons. The fourth-order valence-corrected chi connectivity index (χ4v) is 7.52. The molecule has 9 heteroatoms. The summed E-state index contributed by atoms with van der Waals surface area (Å²) in [6.45, 7) is 12.8. The minimum atomic E-state index is -1.34. The van der Waals surface area contributed by atoms with Crippen molar-refractivity contribution in [1.29, 1.82) is 0 Å². The first-order valence-electron chi connectivity index (χ1n) is 15.4. The number of carbonyl (C=O) groups is 3. The Bertz CT molecular complexity index is 1260. The third-order valence-corrected chi connectivity index (χ3v) is 9.34. The summed E-state index contributed by atoms with van der Waals surface area (Å²) in [5.41, 5.74) is -1.71. The Morgan fingerprint density at radius 3 is 2.24 bits per heavy atom. The Morgan fingerprint density at radius 2 is 1.64 bits per heavy atom. The topological polar surface area (TPSA) is 99.6 Å². The van der Waals surface area contributed by atoms with E-state index in [1.807, 2.05) is 90.1 Å². The van der Waals surface area contributed by atoms with E-state index in [1.165, 1.54) is 0 Å². The van der Waals surface area contributed by atoms with Crippen molar-refractivity contribution in [3.63, 3.8) is 0 Å². The number of rotatable bonds is 9. The molecule has 3 amide bonds. The second-order valence-corrected chi connectivity index (χ2v) is 12.6. The zero-order valence-corrected chi connectivity index (χ0v) is 25.7. The Morgan fingerprint density at radius 1 is 0.952 bits per heavy atom. The largest absolute Gasteiger partial charge is 0.494 e. The number of aliphatic hydroxyl groups is 1. The van der Waals surface area contributed by atoms with E-state index in [-0.39, 0.29) is 36.3 Å². The van der Waals surface area contributed by atoms with E-state index in [1.54, 1.807) is 14.7 Å². The molecule has 1 unspecified atom stereocenters. The van der Waals surface area contributed by atoms with Gasteiger partial charge in [0.2, 0.25) is 17.7 Å². The van der Waals surface area contributed by atoms with E-state index < -0.39 is 35.1 Å². The molecule has 1 N–H and O–H groups in total. The molecule has 0 bridgehead atoms. The maximum atomic E-state index is 14.7. The summed E-state index contributed by atoms with van der Waals surface area (Å²) < 4.78 is 12.6. The number of benzene rings is 1. The van der Waals surface area contributed by atoms with Gasteiger partial charge in [0.1, 0.15) is 17.4 Å². The SMILES string of the molecule is CCOc1ccc(N2CC=C[C@]3(CC)O[C@]45C=CCN(C(C)C)C(=O)C4N([C@@H](CO)CC(C)C)C(=O)[C@@H]5[C@@H]3C2=O)cc1. The molecule has 2 saturated heterocycles. The quantitative estimate of drug-likeness (QED) is 0.449. The van der Waals surface area contributed by atoms with Gasteiger partial charge in [0, 0.05) is 24.8 Å². The molecule has 6 atom stereocenters. The number of nitrogens with zero attached hydrogens (tertiary/aromatic N) is 3. The van der Waals surface area contributed by atoms with Crippen LogP contribution in [0.4, 0.5) is 5.69 Å². The van der Waals surface area contributed by atoms with Crippen LogP contribution in [0.2, 0.25) is 0 Å². The summed E-state index contributed by atoms with van der Waals surface area (Å²) in [6.07, 6.45) is 8.64. The second kappa shape index (κ2) is 11.5. The van der Waals surface area contributed by atoms with Gasteiger partial charge in [-0.05, 0) is 63.8 Å². The van der Waals surface area contributed by atoms with Crippen molar-refractivity contribution in [2.45, 2.75) is 83.7 Å². The Kier molecular flexibility index (Phi) is 8.29. The van der Waals surface area contributed by atoms with Crippen LogP contribution in [0.3, 0.4) is 0 Å². The minimum Gasteiger partial charge on any atom is -0.494 e. The summed E-state index contributed by atoms with van der Waals surface area (Å²) in [6, 6.07) is 5.72. The van der Waals surface area contributed by atoms with Gasteiger partial charge in [0.25, 0.3) is 0 Å². The summed E-state index contributed by atoms with van der Waals surface area (Å²) >= 11 is 0. The molecule has 1 aromatic carbocycles. The van der Waals surface area contributed by atoms with Crippen molar-refractivity contribution >= 4 is 23.4 Å². The number of hydrogen-bond acceptors (Lipinski definition) is 6. The van der Waals surface area contributed by atoms with Gasteiger partial charge in [-0.15, -0.1) is 0 Å². The number of ether oxygens (including phenoxy) is 2. The van der Waals surface area contributed by atoms with Crippen LogP contribution >= 0.6 is 0 Å². The summed E-state index contributed by atoms with van der Waals surface area (Å²) in [4.78, 5) is 48.8. The standard InChI is InChI=1S/C33H45N3O6/c1-7-32-15-9-18-35(23-11-13-25(14-12-23)41-8-2)29(38)26(32)27-30(39)36(24(20-37)19-21(3)4)28-31(40)34(22(5)6)17-10-16-33(27,28)42-32/h9-16,21-22,24,26-28,37H,7-8,17-20H2,1-6H3/t24-,26-,27+,28?,32+,33+/m1/s1. The van der Waals surface area contributed by atoms with Gasteiger partial charge >= 0.3 is 0 Å². The third-order valence-electron chi connectivity index (χ3n) is 9.34. The first kappa shape index (κ1) is 30.3. The molecular weight excluding hydrogens is 534 g/mol. The lowest BCUT2D eigenvalue weighted by Crippen LogP contribution is -2.59. The summed E-state index contributed by atoms with van der Waals surface area (Å²) in [7, 11) is 0. The normalized spacial score (nSPS) is 31.4. The molecule has 0 aromatic heterocycles. The molecule has 0 aliphatic carbocycles. The van der Waals surface area contributed by atoms with Crippen LogP contribution in [0.1, 0.15) is 54.4 Å². The highest BCUT2D eigenvalue weighted by Gasteiger charge is 2.76. The number of likely N-dealkylation sites (tertiary alicyclic amines) is 1. The molecule has 1 aromatic rings. The highest BCUT2D eigenvalue weighted by atomic mass is 16.5. The average molecular weight is 580 g/mol. The monoisotopic (exact) mass is 579 g/mol. The van der Waals surface area contributed by atoms with Gasteiger partial charge in [-0.1, -0.05) is 45.1 Å². The molecule has 9 nitrogen and oxygen atoms in total. The van der Waals surface area contributed by atoms with Gasteiger partial charge < -0.3 is 29.3 Å². The van der Waals surface area contributed by atoms with E-state index in [4.69, 9.17) is 9.47 Å². The summed E-state index contributed by atoms with van der Waals surface area (Å²) in [5, 5.41) is 10.5. The van der Waals surface area contributed by atoms with Crippen LogP contribution in [0, 0.1) is 17.8 Å². The smallest absolute Gasteiger partial charge is 0.249 e. The summed E-state index contributed by atoms with van der Waals surface area (Å²) in [5.74, 6) is -1.61. The lowest BCUT2D eigenvalue weighted by molar-refractivity contribution is -0.156. The van der Waals surface area contributed by atoms with Crippen LogP contribution in [0.5, 0.6) is 5.75 Å². The van der Waals surface area contributed by atoms with Crippen LogP contribution < -0.4 is 9.64 Å². The zero-order valence-electron chi connectivity index (χ0n) is 25.7. The fraction of sp³-hybridized carbons (Fsp3) is 0.606. The van der Waals surface area contributed by atoms with Gasteiger partial charge in [0.05, 0.1) is 36.7 Å². The molecule has 5 rings (SSSR count). The molecule has 4 aliphatic heterocycles. The number of anilines is 1. The molecule has 1 spiro atoms. The third kappa shape index (κ3) is 4.65. The van der Waals surface area contributed by atoms with E-state index >= 15 is 0 Å². The zero-order chi connectivity index (χ0) is 30.4. The first-order valence-corrected chi connectivity index (χ1v) is 15.4. The molecule has 2 fully saturated rings. The predicted octanol–water partition coefficient (Wildman–Crippen LogP) is 3.56. The number of carbonyl (C=O) groups excluding carboxylic acids is 3. The number of hydrogen-bond donors (Lipinski definition) is 1. The molecule has 4 heterocycles. The maximum Gasteiger partial charge on any atom is 0.249 e. The molecule has 0 saturated carbocycles. The lowest BCUT2D eigenvalue weighted by Gasteiger charge is -2.41. The van der Waals surface area contributed by atoms with E-state index in [0.29, 0.717) is 44.0 Å². The van der Waals surface area contributed by atoms with Gasteiger partial charge in [-0.2, -0.15) is 0 Å². The van der Waals surface area contributed by atoms with Gasteiger partial charge in [0.15, 0.2) is 0 Å². The van der Waals surface area contributed by atoms with Gasteiger partial charge in [-0.25, -0.2) is 0 Å². The van der Waals surface area contributed by atoms with Crippen molar-refractivity contribution in [3.05, 3.63) is 48.6 Å². The van der Waals surface area contributed by atoms with E-state index in [9.17, 15) is 19.5 Å². The van der Waals surface area contributed by atoms with Gasteiger partial charge in [-0.3, -0.25) is 14.4 Å². The van der Waals surface area contributed by atoms with Crippen molar-refractivity contribution in [1.82, 2.24) is 9.80 Å². The van der Waals surface area contributed by atoms with E-state index in [2.05, 4.69) is 0 Å². The Balaban J connectivity index is 1.65. The van der Waals surface area contributed by atoms with Crippen LogP contribution in [-0.4, -0.2) is 88.3 Å². The highest BCUT2D eigenvalue weighted by Crippen LogP contribution is 2.59. The Labute approximate surface area is 249 Å². The van der Waals surface area contributed by atoms with Crippen LogP contribution in [0.25, 0.3) is 0 Å². The van der Waals surface area contributed by atoms with Crippen molar-refractivity contribution in [3.8, 4) is 5.75 Å². The predicted molar refractivity (Wildman–Crippen MR) is 160 cm³/mol. The van der Waals surface area contributed by atoms with Crippen molar-refractivity contribution < 1.29 is 29.0 Å². The maximum absolute atomic E-state index is 14.7. The molecule has 0 radical (unpaired) electrons.